The van der Waals surface area contributed by atoms with E-state index >= 15 is 0 Å². The molecule has 0 fully saturated rings. The van der Waals surface area contributed by atoms with Gasteiger partial charge in [-0.3, -0.25) is 9.59 Å². The number of amides is 1. The zero-order chi connectivity index (χ0) is 18.0. The Kier molecular flexibility index (Phi) is 4.51. The lowest BCUT2D eigenvalue weighted by Gasteiger charge is -2.11. The van der Waals surface area contributed by atoms with Crippen LogP contribution < -0.4 is 19.5 Å². The van der Waals surface area contributed by atoms with Gasteiger partial charge in [0.15, 0.2) is 35.5 Å². The Hall–Kier alpha value is -3.16. The maximum Gasteiger partial charge on any atom is 0.262 e. The van der Waals surface area contributed by atoms with Gasteiger partial charge < -0.3 is 19.5 Å². The van der Waals surface area contributed by atoms with Crippen LogP contribution in [0.1, 0.15) is 17.3 Å². The normalized spacial score (nSPS) is 12.0. The molecule has 3 rings (SSSR count). The first-order valence-electron chi connectivity index (χ1n) is 7.26. The van der Waals surface area contributed by atoms with Crippen molar-refractivity contribution in [2.45, 2.75) is 6.92 Å². The predicted molar refractivity (Wildman–Crippen MR) is 83.1 cm³/mol. The topological polar surface area (TPSA) is 73.9 Å². The maximum absolute atomic E-state index is 13.5. The minimum absolute atomic E-state index is 0.0248. The lowest BCUT2D eigenvalue weighted by atomic mass is 10.1. The second-order valence-electron chi connectivity index (χ2n) is 5.22. The van der Waals surface area contributed by atoms with E-state index < -0.39 is 24.1 Å². The molecule has 0 aliphatic carbocycles. The number of halogens is 2. The Bertz CT molecular complexity index is 853. The number of carbonyl (C=O) groups is 2. The average molecular weight is 349 g/mol. The van der Waals surface area contributed by atoms with Gasteiger partial charge >= 0.3 is 0 Å². The standard InChI is InChI=1S/C17H13F2NO5/c1-9(21)11-5-15-16(25-8-24-15)6-13(11)20-17(22)7-23-14-3-2-10(18)4-12(14)19/h2-6H,7-8H2,1H3,(H,20,22). The number of carbonyl (C=O) groups excluding carboxylic acids is 2. The van der Waals surface area contributed by atoms with Gasteiger partial charge in [-0.25, -0.2) is 8.78 Å². The Labute approximate surface area is 141 Å². The lowest BCUT2D eigenvalue weighted by Crippen LogP contribution is -2.21. The van der Waals surface area contributed by atoms with Crippen molar-refractivity contribution >= 4 is 17.4 Å². The van der Waals surface area contributed by atoms with Gasteiger partial charge in [0, 0.05) is 17.7 Å². The lowest BCUT2D eigenvalue weighted by molar-refractivity contribution is -0.118. The van der Waals surface area contributed by atoms with E-state index in [1.165, 1.54) is 19.1 Å². The summed E-state index contributed by atoms with van der Waals surface area (Å²) < 4.78 is 41.7. The van der Waals surface area contributed by atoms with Crippen molar-refractivity contribution in [1.29, 1.82) is 0 Å². The summed E-state index contributed by atoms with van der Waals surface area (Å²) in [6.07, 6.45) is 0. The summed E-state index contributed by atoms with van der Waals surface area (Å²) in [7, 11) is 0. The Morgan fingerprint density at radius 1 is 1.16 bits per heavy atom. The van der Waals surface area contributed by atoms with Crippen LogP contribution in [0.25, 0.3) is 0 Å². The van der Waals surface area contributed by atoms with Crippen LogP contribution in [0.2, 0.25) is 0 Å². The fourth-order valence-electron chi connectivity index (χ4n) is 2.26. The first-order valence-corrected chi connectivity index (χ1v) is 7.26. The highest BCUT2D eigenvalue weighted by Crippen LogP contribution is 2.37. The molecule has 0 atom stereocenters. The summed E-state index contributed by atoms with van der Waals surface area (Å²) in [5, 5.41) is 2.51. The van der Waals surface area contributed by atoms with Crippen molar-refractivity contribution in [2.75, 3.05) is 18.7 Å². The number of benzene rings is 2. The third-order valence-electron chi connectivity index (χ3n) is 3.42. The van der Waals surface area contributed by atoms with Crippen molar-refractivity contribution in [3.05, 3.63) is 47.5 Å². The predicted octanol–water partition coefficient (Wildman–Crippen LogP) is 2.91. The first kappa shape index (κ1) is 16.7. The molecule has 25 heavy (non-hydrogen) atoms. The van der Waals surface area contributed by atoms with Gasteiger partial charge in [0.05, 0.1) is 5.69 Å². The molecule has 0 bridgehead atoms. The molecular formula is C17H13F2NO5. The molecule has 0 radical (unpaired) electrons. The summed E-state index contributed by atoms with van der Waals surface area (Å²) in [5.41, 5.74) is 0.468. The van der Waals surface area contributed by atoms with E-state index in [9.17, 15) is 18.4 Å². The number of rotatable bonds is 5. The zero-order valence-corrected chi connectivity index (χ0v) is 13.1. The number of fused-ring (bicyclic) bond motifs is 1. The third kappa shape index (κ3) is 3.68. The van der Waals surface area contributed by atoms with E-state index in [0.717, 1.165) is 12.1 Å². The molecule has 8 heteroatoms. The number of nitrogens with one attached hydrogen (secondary N) is 1. The molecule has 2 aromatic rings. The molecule has 6 nitrogen and oxygen atoms in total. The Morgan fingerprint density at radius 3 is 2.56 bits per heavy atom. The summed E-state index contributed by atoms with van der Waals surface area (Å²) in [5.74, 6) is -2.02. The summed E-state index contributed by atoms with van der Waals surface area (Å²) in [6.45, 7) is 0.850. The molecule has 0 saturated heterocycles. The van der Waals surface area contributed by atoms with Crippen molar-refractivity contribution in [3.63, 3.8) is 0 Å². The van der Waals surface area contributed by atoms with Crippen LogP contribution in [0.4, 0.5) is 14.5 Å². The Balaban J connectivity index is 1.71. The molecule has 1 aliphatic rings. The van der Waals surface area contributed by atoms with Crippen LogP contribution in [0.15, 0.2) is 30.3 Å². The van der Waals surface area contributed by atoms with Crippen molar-refractivity contribution < 1.29 is 32.6 Å². The minimum atomic E-state index is -0.916. The second-order valence-corrected chi connectivity index (χ2v) is 5.22. The smallest absolute Gasteiger partial charge is 0.262 e. The quantitative estimate of drug-likeness (QED) is 0.840. The van der Waals surface area contributed by atoms with Crippen LogP contribution in [-0.4, -0.2) is 25.1 Å². The third-order valence-corrected chi connectivity index (χ3v) is 3.42. The van der Waals surface area contributed by atoms with Crippen LogP contribution in [0.3, 0.4) is 0 Å². The maximum atomic E-state index is 13.5. The van der Waals surface area contributed by atoms with E-state index in [2.05, 4.69) is 5.32 Å². The van der Waals surface area contributed by atoms with Gasteiger partial charge in [0.1, 0.15) is 5.82 Å². The fourth-order valence-corrected chi connectivity index (χ4v) is 2.26. The van der Waals surface area contributed by atoms with E-state index in [1.807, 2.05) is 0 Å². The summed E-state index contributed by atoms with van der Waals surface area (Å²) in [4.78, 5) is 23.8. The number of Topliss-reactive ketones (excluding diaryl/α,β-unsaturated/α-hetero) is 1. The van der Waals surface area contributed by atoms with Crippen LogP contribution in [-0.2, 0) is 4.79 Å². The molecule has 1 N–H and O–H groups in total. The van der Waals surface area contributed by atoms with Gasteiger partial charge in [-0.1, -0.05) is 0 Å². The van der Waals surface area contributed by atoms with Gasteiger partial charge in [0.2, 0.25) is 6.79 Å². The van der Waals surface area contributed by atoms with Crippen molar-refractivity contribution in [1.82, 2.24) is 0 Å². The molecule has 0 aromatic heterocycles. The monoisotopic (exact) mass is 349 g/mol. The molecule has 0 unspecified atom stereocenters. The van der Waals surface area contributed by atoms with Crippen LogP contribution in [0.5, 0.6) is 17.2 Å². The van der Waals surface area contributed by atoms with Gasteiger partial charge in [-0.15, -0.1) is 0 Å². The van der Waals surface area contributed by atoms with Crippen molar-refractivity contribution in [2.24, 2.45) is 0 Å². The Morgan fingerprint density at radius 2 is 1.88 bits per heavy atom. The highest BCUT2D eigenvalue weighted by Gasteiger charge is 2.20. The molecule has 0 saturated carbocycles. The second kappa shape index (κ2) is 6.76. The molecule has 130 valence electrons. The summed E-state index contributed by atoms with van der Waals surface area (Å²) >= 11 is 0. The van der Waals surface area contributed by atoms with Crippen LogP contribution in [0, 0.1) is 11.6 Å². The zero-order valence-electron chi connectivity index (χ0n) is 13.1. The SMILES string of the molecule is CC(=O)c1cc2c(cc1NC(=O)COc1ccc(F)cc1F)OCO2. The highest BCUT2D eigenvalue weighted by atomic mass is 19.1. The number of anilines is 1. The molecule has 0 spiro atoms. The average Bonchev–Trinajstić information content (AvgIpc) is 3.00. The van der Waals surface area contributed by atoms with Crippen LogP contribution >= 0.6 is 0 Å². The van der Waals surface area contributed by atoms with Gasteiger partial charge in [0.25, 0.3) is 5.91 Å². The molecule has 1 amide bonds. The van der Waals surface area contributed by atoms with E-state index in [-0.39, 0.29) is 29.6 Å². The molecule has 1 heterocycles. The highest BCUT2D eigenvalue weighted by molar-refractivity contribution is 6.04. The molecule has 2 aromatic carbocycles. The fraction of sp³-hybridized carbons (Fsp3) is 0.176. The minimum Gasteiger partial charge on any atom is -0.481 e. The van der Waals surface area contributed by atoms with Gasteiger partial charge in [-0.2, -0.15) is 0 Å². The number of ketones is 1. The van der Waals surface area contributed by atoms with E-state index in [0.29, 0.717) is 17.6 Å². The summed E-state index contributed by atoms with van der Waals surface area (Å²) in [6, 6.07) is 5.69. The molecular weight excluding hydrogens is 336 g/mol. The largest absolute Gasteiger partial charge is 0.481 e. The van der Waals surface area contributed by atoms with Gasteiger partial charge in [-0.05, 0) is 25.1 Å². The number of hydrogen-bond acceptors (Lipinski definition) is 5. The van der Waals surface area contributed by atoms with Crippen molar-refractivity contribution in [3.8, 4) is 17.2 Å². The number of ether oxygens (including phenoxy) is 3. The number of hydrogen-bond donors (Lipinski definition) is 1. The van der Waals surface area contributed by atoms with E-state index in [1.54, 1.807) is 0 Å². The molecule has 1 aliphatic heterocycles. The first-order chi connectivity index (χ1) is 11.9. The van der Waals surface area contributed by atoms with E-state index in [4.69, 9.17) is 14.2 Å².